The van der Waals surface area contributed by atoms with Crippen LogP contribution in [0.5, 0.6) is 0 Å². The molecular formula is C61H46. The van der Waals surface area contributed by atoms with Gasteiger partial charge in [-0.3, -0.25) is 0 Å². The standard InChI is InChI=1S/3C20H14.CH4/c1-3-7-16-14(6-1)12-19-18(16)10-9-15-11-13-5-2-4-8-17(13)20(15)19;1-3-7-17-13(5-1)9-15-11-20-16(12-19(15)17)10-14-6-2-4-8-18(14)20;1-3-7-17-13(5-1)9-15-11-16-10-14-6-2-4-8-18(14)20(16)12-19(15)17;/h1-10H,11-12H2;2*1-8,11-12H,9-10H2;1H4. The van der Waals surface area contributed by atoms with Gasteiger partial charge < -0.3 is 0 Å². The van der Waals surface area contributed by atoms with Crippen LogP contribution in [-0.2, 0) is 38.5 Å². The summed E-state index contributed by atoms with van der Waals surface area (Å²) in [6.07, 6.45) is 6.53. The van der Waals surface area contributed by atoms with Crippen LogP contribution in [0.1, 0.15) is 74.2 Å². The van der Waals surface area contributed by atoms with Gasteiger partial charge in [-0.25, -0.2) is 0 Å². The van der Waals surface area contributed by atoms with Crippen molar-refractivity contribution in [3.63, 3.8) is 0 Å². The second-order valence-electron chi connectivity index (χ2n) is 17.5. The number of rotatable bonds is 0. The molecule has 0 aromatic heterocycles. The molecule has 61 heavy (non-hydrogen) atoms. The van der Waals surface area contributed by atoms with Gasteiger partial charge in [-0.2, -0.15) is 0 Å². The first kappa shape index (κ1) is 35.9. The highest BCUT2D eigenvalue weighted by Gasteiger charge is 2.29. The maximum atomic E-state index is 2.44. The van der Waals surface area contributed by atoms with Gasteiger partial charge in [-0.1, -0.05) is 171 Å². The van der Waals surface area contributed by atoms with Crippen LogP contribution in [0.3, 0.4) is 0 Å². The number of hydrogen-bond acceptors (Lipinski definition) is 0. The molecule has 0 saturated carbocycles. The smallest absolute Gasteiger partial charge is 0.000718 e. The van der Waals surface area contributed by atoms with E-state index < -0.39 is 0 Å². The summed E-state index contributed by atoms with van der Waals surface area (Å²) in [6, 6.07) is 67.3. The lowest BCUT2D eigenvalue weighted by molar-refractivity contribution is 1.21. The molecule has 15 rings (SSSR count). The first-order valence-corrected chi connectivity index (χ1v) is 21.7. The highest BCUT2D eigenvalue weighted by atomic mass is 14.3. The zero-order chi connectivity index (χ0) is 39.3. The van der Waals surface area contributed by atoms with Crippen molar-refractivity contribution in [3.8, 4) is 66.8 Å². The second kappa shape index (κ2) is 14.0. The second-order valence-corrected chi connectivity index (χ2v) is 17.5. The summed E-state index contributed by atoms with van der Waals surface area (Å²) in [5, 5.41) is 0. The minimum absolute atomic E-state index is 0. The van der Waals surface area contributed by atoms with E-state index in [0.29, 0.717) is 0 Å². The molecule has 0 unspecified atom stereocenters. The van der Waals surface area contributed by atoms with Crippen molar-refractivity contribution in [1.82, 2.24) is 0 Å². The Morgan fingerprint density at radius 2 is 0.508 bits per heavy atom. The summed E-state index contributed by atoms with van der Waals surface area (Å²) in [4.78, 5) is 0. The molecule has 0 atom stereocenters. The molecule has 0 nitrogen and oxygen atoms in total. The van der Waals surface area contributed by atoms with Crippen molar-refractivity contribution in [2.24, 2.45) is 0 Å². The van der Waals surface area contributed by atoms with Gasteiger partial charge in [0.25, 0.3) is 0 Å². The molecule has 0 radical (unpaired) electrons. The zero-order valence-corrected chi connectivity index (χ0v) is 33.6. The van der Waals surface area contributed by atoms with E-state index in [1.165, 1.54) is 134 Å². The van der Waals surface area contributed by atoms with Crippen molar-refractivity contribution in [3.05, 3.63) is 249 Å². The molecule has 6 aliphatic rings. The molecule has 0 heteroatoms. The zero-order valence-electron chi connectivity index (χ0n) is 33.6. The van der Waals surface area contributed by atoms with Crippen molar-refractivity contribution < 1.29 is 0 Å². The van der Waals surface area contributed by atoms with E-state index in [2.05, 4.69) is 182 Å². The molecule has 0 heterocycles. The highest BCUT2D eigenvalue weighted by Crippen LogP contribution is 2.48. The average Bonchev–Trinajstić information content (AvgIpc) is 4.15. The first-order chi connectivity index (χ1) is 29.7. The minimum atomic E-state index is 0. The summed E-state index contributed by atoms with van der Waals surface area (Å²) >= 11 is 0. The Morgan fingerprint density at radius 1 is 0.197 bits per heavy atom. The Kier molecular flexibility index (Phi) is 8.26. The van der Waals surface area contributed by atoms with Crippen LogP contribution < -0.4 is 0 Å². The van der Waals surface area contributed by atoms with Crippen molar-refractivity contribution in [1.29, 1.82) is 0 Å². The largest absolute Gasteiger partial charge is 0.0776 e. The van der Waals surface area contributed by atoms with E-state index in [0.717, 1.165) is 38.5 Å². The average molecular weight is 779 g/mol. The van der Waals surface area contributed by atoms with E-state index in [4.69, 9.17) is 0 Å². The lowest BCUT2D eigenvalue weighted by Gasteiger charge is -2.08. The van der Waals surface area contributed by atoms with E-state index in [-0.39, 0.29) is 7.43 Å². The van der Waals surface area contributed by atoms with Crippen LogP contribution in [0.2, 0.25) is 0 Å². The summed E-state index contributed by atoms with van der Waals surface area (Å²) in [7, 11) is 0. The lowest BCUT2D eigenvalue weighted by Crippen LogP contribution is -1.88. The Morgan fingerprint density at radius 3 is 0.951 bits per heavy atom. The van der Waals surface area contributed by atoms with Gasteiger partial charge >= 0.3 is 0 Å². The molecule has 0 N–H and O–H groups in total. The van der Waals surface area contributed by atoms with Gasteiger partial charge in [0, 0.05) is 0 Å². The van der Waals surface area contributed by atoms with Gasteiger partial charge in [-0.05, 0) is 190 Å². The predicted molar refractivity (Wildman–Crippen MR) is 256 cm³/mol. The molecule has 0 amide bonds. The maximum Gasteiger partial charge on any atom is -0.000718 e. The molecule has 0 fully saturated rings. The van der Waals surface area contributed by atoms with Gasteiger partial charge in [-0.15, -0.1) is 0 Å². The third-order valence-electron chi connectivity index (χ3n) is 14.2. The number of benzene rings is 9. The van der Waals surface area contributed by atoms with Crippen molar-refractivity contribution in [2.45, 2.75) is 46.0 Å². The fourth-order valence-corrected chi connectivity index (χ4v) is 11.4. The molecule has 9 aromatic carbocycles. The van der Waals surface area contributed by atoms with Gasteiger partial charge in [0.15, 0.2) is 0 Å². The summed E-state index contributed by atoms with van der Waals surface area (Å²) < 4.78 is 0. The summed E-state index contributed by atoms with van der Waals surface area (Å²) in [5.74, 6) is 0. The minimum Gasteiger partial charge on any atom is -0.0776 e. The molecule has 0 spiro atoms. The molecule has 290 valence electrons. The Labute approximate surface area is 359 Å². The van der Waals surface area contributed by atoms with Crippen LogP contribution in [-0.4, -0.2) is 0 Å². The van der Waals surface area contributed by atoms with Crippen LogP contribution in [0, 0.1) is 0 Å². The molecule has 9 aromatic rings. The predicted octanol–water partition coefficient (Wildman–Crippen LogP) is 15.1. The van der Waals surface area contributed by atoms with E-state index in [1.807, 2.05) is 0 Å². The van der Waals surface area contributed by atoms with Gasteiger partial charge in [0.05, 0.1) is 0 Å². The fraction of sp³-hybridized carbons (Fsp3) is 0.115. The molecule has 0 aliphatic heterocycles. The molecular weight excluding hydrogens is 733 g/mol. The molecule has 0 bridgehead atoms. The molecule has 0 saturated heterocycles. The quantitative estimate of drug-likeness (QED) is 0.144. The summed E-state index contributed by atoms with van der Waals surface area (Å²) in [6.45, 7) is 0. The normalized spacial score (nSPS) is 13.4. The topological polar surface area (TPSA) is 0 Å². The Bertz CT molecular complexity index is 3110. The maximum absolute atomic E-state index is 2.44. The molecule has 6 aliphatic carbocycles. The lowest BCUT2D eigenvalue weighted by atomic mass is 9.95. The highest BCUT2D eigenvalue weighted by molar-refractivity contribution is 5.90. The van der Waals surface area contributed by atoms with Crippen molar-refractivity contribution >= 4 is 0 Å². The van der Waals surface area contributed by atoms with E-state index >= 15 is 0 Å². The van der Waals surface area contributed by atoms with Crippen LogP contribution in [0.25, 0.3) is 66.8 Å². The number of hydrogen-bond donors (Lipinski definition) is 0. The third-order valence-corrected chi connectivity index (χ3v) is 14.2. The first-order valence-electron chi connectivity index (χ1n) is 21.7. The van der Waals surface area contributed by atoms with Crippen molar-refractivity contribution in [2.75, 3.05) is 0 Å². The van der Waals surface area contributed by atoms with Crippen LogP contribution >= 0.6 is 0 Å². The Hall–Kier alpha value is -7.02. The Balaban J connectivity index is 0.0000000973. The van der Waals surface area contributed by atoms with E-state index in [1.54, 1.807) is 0 Å². The van der Waals surface area contributed by atoms with Crippen LogP contribution in [0.15, 0.2) is 182 Å². The monoisotopic (exact) mass is 778 g/mol. The van der Waals surface area contributed by atoms with Gasteiger partial charge in [0.2, 0.25) is 0 Å². The van der Waals surface area contributed by atoms with Gasteiger partial charge in [0.1, 0.15) is 0 Å². The third kappa shape index (κ3) is 5.66. The fourth-order valence-electron chi connectivity index (χ4n) is 11.4. The van der Waals surface area contributed by atoms with E-state index in [9.17, 15) is 0 Å². The van der Waals surface area contributed by atoms with Crippen LogP contribution in [0.4, 0.5) is 0 Å². The summed E-state index contributed by atoms with van der Waals surface area (Å²) in [5.41, 5.74) is 35.2. The SMILES string of the molecule is C.c1ccc2c(c1)Cc1c-2ccc2c1-c1ccccc1C2.c1ccc2c(c1)Cc1cc3c(cc1-2)-c1ccccc1C3.c1ccc2c(c1)Cc1cc3c(cc1-2)Cc1ccccc1-3. The number of fused-ring (bicyclic) bond motifs is 19.